The van der Waals surface area contributed by atoms with Crippen LogP contribution in [-0.4, -0.2) is 13.0 Å². The molecule has 120 valence electrons. The summed E-state index contributed by atoms with van der Waals surface area (Å²) in [5.74, 6) is -0.529. The van der Waals surface area contributed by atoms with Crippen molar-refractivity contribution in [2.45, 2.75) is 18.2 Å². The Morgan fingerprint density at radius 1 is 1.17 bits per heavy atom. The normalized spacial score (nSPS) is 11.7. The highest BCUT2D eigenvalue weighted by molar-refractivity contribution is 7.92. The number of hydrogen-bond acceptors (Lipinski definition) is 4. The number of sulfonamides is 1. The van der Waals surface area contributed by atoms with Gasteiger partial charge in [0, 0.05) is 13.1 Å². The summed E-state index contributed by atoms with van der Waals surface area (Å²) in [6.45, 7) is 1.96. The summed E-state index contributed by atoms with van der Waals surface area (Å²) < 4.78 is 34.1. The molecular formula is C16H16N2O4S. The molecule has 0 aliphatic carbocycles. The Morgan fingerprint density at radius 3 is 2.65 bits per heavy atom. The Kier molecular flexibility index (Phi) is 3.73. The molecule has 0 saturated heterocycles. The molecule has 0 aliphatic rings. The van der Waals surface area contributed by atoms with Crippen LogP contribution in [0.5, 0.6) is 0 Å². The first kappa shape index (κ1) is 15.4. The third-order valence-electron chi connectivity index (χ3n) is 3.72. The van der Waals surface area contributed by atoms with E-state index in [1.807, 2.05) is 19.1 Å². The van der Waals surface area contributed by atoms with Gasteiger partial charge in [-0.15, -0.1) is 0 Å². The maximum Gasteiger partial charge on any atom is 0.419 e. The first-order valence-corrected chi connectivity index (χ1v) is 8.61. The van der Waals surface area contributed by atoms with Crippen LogP contribution in [0.4, 0.5) is 5.69 Å². The van der Waals surface area contributed by atoms with Crippen LogP contribution in [0, 0.1) is 0 Å². The maximum atomic E-state index is 12.6. The molecule has 0 amide bonds. The Balaban J connectivity index is 2.04. The third kappa shape index (κ3) is 2.75. The van der Waals surface area contributed by atoms with Crippen LogP contribution in [0.2, 0.25) is 0 Å². The van der Waals surface area contributed by atoms with Crippen molar-refractivity contribution in [1.82, 2.24) is 4.57 Å². The zero-order chi connectivity index (χ0) is 16.6. The number of aryl methyl sites for hydroxylation is 2. The number of aromatic nitrogens is 1. The van der Waals surface area contributed by atoms with Crippen molar-refractivity contribution in [2.75, 3.05) is 4.72 Å². The molecule has 0 spiro atoms. The van der Waals surface area contributed by atoms with Gasteiger partial charge in [-0.3, -0.25) is 9.29 Å². The Bertz CT molecular complexity index is 1030. The lowest BCUT2D eigenvalue weighted by Gasteiger charge is -2.11. The van der Waals surface area contributed by atoms with Gasteiger partial charge in [0.15, 0.2) is 5.58 Å². The molecule has 3 rings (SSSR count). The van der Waals surface area contributed by atoms with Crippen molar-refractivity contribution in [3.05, 3.63) is 58.6 Å². The summed E-state index contributed by atoms with van der Waals surface area (Å²) in [6, 6.07) is 11.6. The standard InChI is InChI=1S/C16H16N2O4S/c1-3-11-6-4-5-7-13(11)17-23(20,21)12-8-9-14-15(10-12)22-16(19)18(14)2/h4-10,17H,3H2,1-2H3. The second-order valence-electron chi connectivity index (χ2n) is 5.17. The smallest absolute Gasteiger partial charge is 0.408 e. The molecule has 7 heteroatoms. The molecule has 0 radical (unpaired) electrons. The summed E-state index contributed by atoms with van der Waals surface area (Å²) >= 11 is 0. The number of para-hydroxylation sites is 1. The van der Waals surface area contributed by atoms with Crippen LogP contribution in [0.15, 0.2) is 56.6 Å². The van der Waals surface area contributed by atoms with Gasteiger partial charge in [0.1, 0.15) is 0 Å². The molecule has 0 bridgehead atoms. The number of nitrogens with zero attached hydrogens (tertiary/aromatic N) is 1. The second kappa shape index (κ2) is 5.58. The zero-order valence-corrected chi connectivity index (χ0v) is 13.6. The second-order valence-corrected chi connectivity index (χ2v) is 6.86. The molecule has 1 N–H and O–H groups in total. The Morgan fingerprint density at radius 2 is 1.91 bits per heavy atom. The van der Waals surface area contributed by atoms with Gasteiger partial charge in [-0.1, -0.05) is 25.1 Å². The predicted octanol–water partition coefficient (Wildman–Crippen LogP) is 2.49. The van der Waals surface area contributed by atoms with Crippen molar-refractivity contribution < 1.29 is 12.8 Å². The molecule has 2 aromatic carbocycles. The average molecular weight is 332 g/mol. The lowest BCUT2D eigenvalue weighted by atomic mass is 10.1. The van der Waals surface area contributed by atoms with Crippen molar-refractivity contribution in [3.63, 3.8) is 0 Å². The minimum Gasteiger partial charge on any atom is -0.408 e. The molecule has 23 heavy (non-hydrogen) atoms. The monoisotopic (exact) mass is 332 g/mol. The summed E-state index contributed by atoms with van der Waals surface area (Å²) in [6.07, 6.45) is 0.714. The van der Waals surface area contributed by atoms with E-state index < -0.39 is 15.8 Å². The van der Waals surface area contributed by atoms with E-state index in [-0.39, 0.29) is 10.5 Å². The van der Waals surface area contributed by atoms with Crippen molar-refractivity contribution in [1.29, 1.82) is 0 Å². The molecule has 0 saturated carbocycles. The molecule has 0 unspecified atom stereocenters. The van der Waals surface area contributed by atoms with Gasteiger partial charge in [-0.2, -0.15) is 0 Å². The quantitative estimate of drug-likeness (QED) is 0.796. The number of oxazole rings is 1. The van der Waals surface area contributed by atoms with Crippen molar-refractivity contribution in [2.24, 2.45) is 7.05 Å². The van der Waals surface area contributed by atoms with E-state index in [1.54, 1.807) is 25.2 Å². The zero-order valence-electron chi connectivity index (χ0n) is 12.7. The van der Waals surface area contributed by atoms with Crippen LogP contribution in [-0.2, 0) is 23.5 Å². The summed E-state index contributed by atoms with van der Waals surface area (Å²) in [7, 11) is -2.19. The van der Waals surface area contributed by atoms with Crippen LogP contribution in [0.3, 0.4) is 0 Å². The summed E-state index contributed by atoms with van der Waals surface area (Å²) in [5.41, 5.74) is 2.24. The van der Waals surface area contributed by atoms with E-state index in [2.05, 4.69) is 4.72 Å². The Hall–Kier alpha value is -2.54. The SMILES string of the molecule is CCc1ccccc1NS(=O)(=O)c1ccc2c(c1)oc(=O)n2C. The molecule has 0 fully saturated rings. The van der Waals surface area contributed by atoms with Gasteiger partial charge in [0.2, 0.25) is 0 Å². The molecule has 1 heterocycles. The third-order valence-corrected chi connectivity index (χ3v) is 5.08. The number of benzene rings is 2. The van der Waals surface area contributed by atoms with Crippen LogP contribution < -0.4 is 10.5 Å². The molecular weight excluding hydrogens is 316 g/mol. The van der Waals surface area contributed by atoms with E-state index in [0.717, 1.165) is 5.56 Å². The fourth-order valence-corrected chi connectivity index (χ4v) is 3.53. The summed E-state index contributed by atoms with van der Waals surface area (Å²) in [4.78, 5) is 11.6. The Labute approximate surface area is 133 Å². The fraction of sp³-hybridized carbons (Fsp3) is 0.188. The fourth-order valence-electron chi connectivity index (χ4n) is 2.41. The first-order valence-electron chi connectivity index (χ1n) is 7.12. The van der Waals surface area contributed by atoms with Gasteiger partial charge < -0.3 is 4.42 Å². The van der Waals surface area contributed by atoms with Gasteiger partial charge in [-0.05, 0) is 30.2 Å². The highest BCUT2D eigenvalue weighted by Crippen LogP contribution is 2.23. The summed E-state index contributed by atoms with van der Waals surface area (Å²) in [5, 5.41) is 0. The van der Waals surface area contributed by atoms with E-state index in [9.17, 15) is 13.2 Å². The molecule has 1 aromatic heterocycles. The van der Waals surface area contributed by atoms with E-state index in [0.29, 0.717) is 17.6 Å². The van der Waals surface area contributed by atoms with Gasteiger partial charge in [0.25, 0.3) is 10.0 Å². The highest BCUT2D eigenvalue weighted by Gasteiger charge is 2.18. The molecule has 3 aromatic rings. The molecule has 6 nitrogen and oxygen atoms in total. The van der Waals surface area contributed by atoms with E-state index >= 15 is 0 Å². The van der Waals surface area contributed by atoms with Crippen LogP contribution >= 0.6 is 0 Å². The van der Waals surface area contributed by atoms with Crippen LogP contribution in [0.25, 0.3) is 11.1 Å². The average Bonchev–Trinajstić information content (AvgIpc) is 2.82. The van der Waals surface area contributed by atoms with E-state index in [4.69, 9.17) is 4.42 Å². The molecule has 0 aliphatic heterocycles. The topological polar surface area (TPSA) is 81.3 Å². The van der Waals surface area contributed by atoms with Crippen LogP contribution in [0.1, 0.15) is 12.5 Å². The highest BCUT2D eigenvalue weighted by atomic mass is 32.2. The van der Waals surface area contributed by atoms with E-state index in [1.165, 1.54) is 16.7 Å². The minimum absolute atomic E-state index is 0.0465. The van der Waals surface area contributed by atoms with Gasteiger partial charge in [0.05, 0.1) is 16.1 Å². The largest absolute Gasteiger partial charge is 0.419 e. The minimum atomic E-state index is -3.76. The predicted molar refractivity (Wildman–Crippen MR) is 88.1 cm³/mol. The number of rotatable bonds is 4. The van der Waals surface area contributed by atoms with Crippen molar-refractivity contribution >= 4 is 26.8 Å². The number of hydrogen-bond donors (Lipinski definition) is 1. The van der Waals surface area contributed by atoms with Gasteiger partial charge in [-0.25, -0.2) is 13.2 Å². The number of nitrogens with one attached hydrogen (secondary N) is 1. The lowest BCUT2D eigenvalue weighted by molar-refractivity contribution is 0.527. The number of fused-ring (bicyclic) bond motifs is 1. The van der Waals surface area contributed by atoms with Gasteiger partial charge >= 0.3 is 5.76 Å². The molecule has 0 atom stereocenters. The van der Waals surface area contributed by atoms with Crippen molar-refractivity contribution in [3.8, 4) is 0 Å². The maximum absolute atomic E-state index is 12.6. The first-order chi connectivity index (χ1) is 10.9. The lowest BCUT2D eigenvalue weighted by Crippen LogP contribution is -2.14. The number of anilines is 1.